The van der Waals surface area contributed by atoms with Gasteiger partial charge in [0.15, 0.2) is 0 Å². The molecule has 0 amide bonds. The number of nitrogens with zero attached hydrogens (tertiary/aromatic N) is 1. The molecule has 17 heavy (non-hydrogen) atoms. The van der Waals surface area contributed by atoms with Gasteiger partial charge in [0.2, 0.25) is 0 Å². The lowest BCUT2D eigenvalue weighted by molar-refractivity contribution is 0.0864. The average Bonchev–Trinajstić information content (AvgIpc) is 2.74. The van der Waals surface area contributed by atoms with Crippen molar-refractivity contribution in [3.8, 4) is 0 Å². The number of aliphatic hydroxyl groups is 1. The SMILES string of the molecule is OC1Nc2ncc(Br)cc2CNC12CCCC2. The second-order valence-electron chi connectivity index (χ2n) is 4.92. The summed E-state index contributed by atoms with van der Waals surface area (Å²) in [7, 11) is 0. The van der Waals surface area contributed by atoms with E-state index in [1.807, 2.05) is 6.07 Å². The minimum atomic E-state index is -0.556. The minimum Gasteiger partial charge on any atom is -0.372 e. The predicted octanol–water partition coefficient (Wildman–Crippen LogP) is 1.99. The van der Waals surface area contributed by atoms with Crippen molar-refractivity contribution in [2.45, 2.75) is 44.0 Å². The van der Waals surface area contributed by atoms with Gasteiger partial charge in [0, 0.05) is 22.8 Å². The van der Waals surface area contributed by atoms with Crippen LogP contribution in [-0.2, 0) is 6.54 Å². The molecule has 3 rings (SSSR count). The van der Waals surface area contributed by atoms with Gasteiger partial charge in [-0.25, -0.2) is 4.98 Å². The Balaban J connectivity index is 1.93. The van der Waals surface area contributed by atoms with Crippen molar-refractivity contribution in [3.05, 3.63) is 22.3 Å². The van der Waals surface area contributed by atoms with Crippen LogP contribution >= 0.6 is 15.9 Å². The van der Waals surface area contributed by atoms with Gasteiger partial charge >= 0.3 is 0 Å². The molecular formula is C12H16BrN3O. The molecule has 1 spiro atoms. The Morgan fingerprint density at radius 2 is 2.18 bits per heavy atom. The van der Waals surface area contributed by atoms with Crippen LogP contribution in [-0.4, -0.2) is 21.9 Å². The number of hydrogen-bond acceptors (Lipinski definition) is 4. The Kier molecular flexibility index (Phi) is 2.84. The molecule has 0 bridgehead atoms. The highest BCUT2D eigenvalue weighted by molar-refractivity contribution is 9.10. The van der Waals surface area contributed by atoms with Crippen LogP contribution in [0.5, 0.6) is 0 Å². The van der Waals surface area contributed by atoms with Gasteiger partial charge in [0.1, 0.15) is 12.0 Å². The smallest absolute Gasteiger partial charge is 0.143 e. The number of fused-ring (bicyclic) bond motifs is 1. The van der Waals surface area contributed by atoms with E-state index in [1.54, 1.807) is 6.20 Å². The van der Waals surface area contributed by atoms with E-state index in [2.05, 4.69) is 31.5 Å². The van der Waals surface area contributed by atoms with Gasteiger partial charge in [0.05, 0.1) is 5.54 Å². The molecule has 0 saturated heterocycles. The van der Waals surface area contributed by atoms with Gasteiger partial charge in [-0.05, 0) is 34.8 Å². The summed E-state index contributed by atoms with van der Waals surface area (Å²) >= 11 is 3.43. The zero-order valence-electron chi connectivity index (χ0n) is 9.54. The zero-order valence-corrected chi connectivity index (χ0v) is 11.1. The van der Waals surface area contributed by atoms with Gasteiger partial charge < -0.3 is 15.7 Å². The quantitative estimate of drug-likeness (QED) is 0.685. The van der Waals surface area contributed by atoms with E-state index < -0.39 is 6.23 Å². The molecule has 5 heteroatoms. The summed E-state index contributed by atoms with van der Waals surface area (Å²) in [5, 5.41) is 17.0. The first-order valence-corrected chi connectivity index (χ1v) is 6.83. The summed E-state index contributed by atoms with van der Waals surface area (Å²) in [5.41, 5.74) is 0.926. The number of hydrogen-bond donors (Lipinski definition) is 3. The summed E-state index contributed by atoms with van der Waals surface area (Å²) in [4.78, 5) is 4.33. The Morgan fingerprint density at radius 3 is 2.94 bits per heavy atom. The normalized spacial score (nSPS) is 26.4. The summed E-state index contributed by atoms with van der Waals surface area (Å²) in [6, 6.07) is 2.04. The van der Waals surface area contributed by atoms with Crippen LogP contribution in [0.3, 0.4) is 0 Å². The average molecular weight is 298 g/mol. The van der Waals surface area contributed by atoms with Crippen molar-refractivity contribution in [3.63, 3.8) is 0 Å². The highest BCUT2D eigenvalue weighted by atomic mass is 79.9. The first-order chi connectivity index (χ1) is 8.20. The fourth-order valence-corrected chi connectivity index (χ4v) is 3.22. The highest BCUT2D eigenvalue weighted by Crippen LogP contribution is 2.36. The van der Waals surface area contributed by atoms with E-state index in [-0.39, 0.29) is 5.54 Å². The van der Waals surface area contributed by atoms with E-state index in [1.165, 1.54) is 12.8 Å². The van der Waals surface area contributed by atoms with Crippen LogP contribution in [0.15, 0.2) is 16.7 Å². The molecule has 4 nitrogen and oxygen atoms in total. The number of rotatable bonds is 0. The summed E-state index contributed by atoms with van der Waals surface area (Å²) in [6.45, 7) is 0.756. The van der Waals surface area contributed by atoms with Crippen molar-refractivity contribution in [2.75, 3.05) is 5.32 Å². The van der Waals surface area contributed by atoms with Crippen molar-refractivity contribution < 1.29 is 5.11 Å². The summed E-state index contributed by atoms with van der Waals surface area (Å²) in [6.07, 6.45) is 5.61. The van der Waals surface area contributed by atoms with Gasteiger partial charge in [-0.2, -0.15) is 0 Å². The molecule has 0 aromatic carbocycles. The van der Waals surface area contributed by atoms with E-state index in [0.29, 0.717) is 0 Å². The number of aromatic nitrogens is 1. The van der Waals surface area contributed by atoms with E-state index >= 15 is 0 Å². The number of aliphatic hydroxyl groups excluding tert-OH is 1. The molecule has 92 valence electrons. The molecule has 0 radical (unpaired) electrons. The Labute approximate surface area is 109 Å². The molecule has 1 fully saturated rings. The lowest BCUT2D eigenvalue weighted by Crippen LogP contribution is -2.53. The maximum Gasteiger partial charge on any atom is 0.143 e. The summed E-state index contributed by atoms with van der Waals surface area (Å²) in [5.74, 6) is 0.789. The number of pyridine rings is 1. The zero-order chi connectivity index (χ0) is 11.9. The van der Waals surface area contributed by atoms with Crippen LogP contribution in [0.4, 0.5) is 5.82 Å². The first-order valence-electron chi connectivity index (χ1n) is 6.04. The van der Waals surface area contributed by atoms with E-state index in [0.717, 1.165) is 35.2 Å². The molecule has 1 atom stereocenters. The van der Waals surface area contributed by atoms with Crippen LogP contribution < -0.4 is 10.6 Å². The van der Waals surface area contributed by atoms with Crippen molar-refractivity contribution in [1.82, 2.24) is 10.3 Å². The minimum absolute atomic E-state index is 0.173. The fraction of sp³-hybridized carbons (Fsp3) is 0.583. The van der Waals surface area contributed by atoms with Crippen LogP contribution in [0.1, 0.15) is 31.2 Å². The van der Waals surface area contributed by atoms with Crippen LogP contribution in [0, 0.1) is 0 Å². The second kappa shape index (κ2) is 4.23. The maximum atomic E-state index is 10.3. The molecule has 3 N–H and O–H groups in total. The fourth-order valence-electron chi connectivity index (χ4n) is 2.84. The largest absolute Gasteiger partial charge is 0.372 e. The second-order valence-corrected chi connectivity index (χ2v) is 5.84. The number of halogens is 1. The lowest BCUT2D eigenvalue weighted by atomic mass is 9.95. The van der Waals surface area contributed by atoms with Gasteiger partial charge in [0.25, 0.3) is 0 Å². The maximum absolute atomic E-state index is 10.3. The third-order valence-corrected chi connectivity index (χ3v) is 4.29. The molecule has 1 aromatic heterocycles. The molecule has 2 heterocycles. The molecule has 1 unspecified atom stereocenters. The molecule has 2 aliphatic rings. The van der Waals surface area contributed by atoms with Crippen LogP contribution in [0.2, 0.25) is 0 Å². The monoisotopic (exact) mass is 297 g/mol. The van der Waals surface area contributed by atoms with Crippen molar-refractivity contribution in [2.24, 2.45) is 0 Å². The van der Waals surface area contributed by atoms with Crippen LogP contribution in [0.25, 0.3) is 0 Å². The van der Waals surface area contributed by atoms with Gasteiger partial charge in [-0.15, -0.1) is 0 Å². The van der Waals surface area contributed by atoms with Crippen molar-refractivity contribution in [1.29, 1.82) is 0 Å². The van der Waals surface area contributed by atoms with E-state index in [4.69, 9.17) is 0 Å². The molecule has 1 aliphatic carbocycles. The van der Waals surface area contributed by atoms with Gasteiger partial charge in [-0.3, -0.25) is 0 Å². The lowest BCUT2D eigenvalue weighted by Gasteiger charge is -2.33. The third kappa shape index (κ3) is 1.96. The van der Waals surface area contributed by atoms with Crippen molar-refractivity contribution >= 4 is 21.7 Å². The number of nitrogens with one attached hydrogen (secondary N) is 2. The summed E-state index contributed by atoms with van der Waals surface area (Å²) < 4.78 is 0.969. The first kappa shape index (κ1) is 11.4. The van der Waals surface area contributed by atoms with Gasteiger partial charge in [-0.1, -0.05) is 12.8 Å². The standard InChI is InChI=1S/C12H16BrN3O/c13-9-5-8-6-15-12(3-1-2-4-12)11(17)16-10(8)14-7-9/h5,7,11,15,17H,1-4,6H2,(H,14,16). The third-order valence-electron chi connectivity index (χ3n) is 3.86. The molecule has 1 aromatic rings. The Hall–Kier alpha value is -0.650. The molecule has 1 saturated carbocycles. The Morgan fingerprint density at radius 1 is 1.41 bits per heavy atom. The van der Waals surface area contributed by atoms with E-state index in [9.17, 15) is 5.11 Å². The highest BCUT2D eigenvalue weighted by Gasteiger charge is 2.42. The Bertz CT molecular complexity index is 432. The number of anilines is 1. The molecular weight excluding hydrogens is 282 g/mol. The predicted molar refractivity (Wildman–Crippen MR) is 69.6 cm³/mol. The molecule has 1 aliphatic heterocycles. The topological polar surface area (TPSA) is 57.2 Å².